The zero-order chi connectivity index (χ0) is 25.3. The van der Waals surface area contributed by atoms with Crippen LogP contribution in [0.2, 0.25) is 0 Å². The van der Waals surface area contributed by atoms with Crippen LogP contribution in [0.3, 0.4) is 0 Å². The number of benzene rings is 3. The Kier molecular flexibility index (Phi) is 7.72. The van der Waals surface area contributed by atoms with E-state index in [0.717, 1.165) is 11.3 Å². The Morgan fingerprint density at radius 3 is 2.19 bits per heavy atom. The van der Waals surface area contributed by atoms with E-state index in [4.69, 9.17) is 4.74 Å². The van der Waals surface area contributed by atoms with Crippen molar-refractivity contribution >= 4 is 17.7 Å². The molecule has 0 fully saturated rings. The number of hydrazine groups is 1. The van der Waals surface area contributed by atoms with E-state index in [1.807, 2.05) is 67.6 Å². The lowest BCUT2D eigenvalue weighted by atomic mass is 10.1. The summed E-state index contributed by atoms with van der Waals surface area (Å²) in [6.45, 7) is 1.88. The van der Waals surface area contributed by atoms with Crippen LogP contribution in [-0.4, -0.2) is 40.7 Å². The van der Waals surface area contributed by atoms with Gasteiger partial charge in [0.15, 0.2) is 0 Å². The SMILES string of the molecule is CCOc1ccccc1C(=O)NCC(=O)NNC(=O)c1cn(-c2ccccc2)nc1-c1ccccc1. The molecular weight excluding hydrogens is 458 g/mol. The second kappa shape index (κ2) is 11.5. The van der Waals surface area contributed by atoms with Crippen molar-refractivity contribution in [2.24, 2.45) is 0 Å². The van der Waals surface area contributed by atoms with E-state index in [9.17, 15) is 14.4 Å². The van der Waals surface area contributed by atoms with Crippen molar-refractivity contribution in [1.82, 2.24) is 25.9 Å². The molecule has 0 aliphatic carbocycles. The van der Waals surface area contributed by atoms with E-state index < -0.39 is 17.7 Å². The maximum Gasteiger partial charge on any atom is 0.273 e. The second-order valence-electron chi connectivity index (χ2n) is 7.65. The molecule has 0 bridgehead atoms. The number of rotatable bonds is 8. The molecule has 1 aromatic heterocycles. The number of hydrogen-bond acceptors (Lipinski definition) is 5. The van der Waals surface area contributed by atoms with Gasteiger partial charge in [0.1, 0.15) is 11.4 Å². The van der Waals surface area contributed by atoms with Gasteiger partial charge < -0.3 is 10.1 Å². The quantitative estimate of drug-likeness (QED) is 0.333. The molecule has 0 radical (unpaired) electrons. The Balaban J connectivity index is 1.42. The highest BCUT2D eigenvalue weighted by Crippen LogP contribution is 2.23. The third kappa shape index (κ3) is 5.76. The van der Waals surface area contributed by atoms with E-state index >= 15 is 0 Å². The summed E-state index contributed by atoms with van der Waals surface area (Å²) in [4.78, 5) is 37.8. The lowest BCUT2D eigenvalue weighted by Gasteiger charge is -2.11. The summed E-state index contributed by atoms with van der Waals surface area (Å²) < 4.78 is 7.05. The Hall–Kier alpha value is -4.92. The fourth-order valence-electron chi connectivity index (χ4n) is 3.49. The highest BCUT2D eigenvalue weighted by molar-refractivity contribution is 6.01. The smallest absolute Gasteiger partial charge is 0.273 e. The molecule has 9 heteroatoms. The maximum atomic E-state index is 13.0. The topological polar surface area (TPSA) is 114 Å². The number of para-hydroxylation sites is 2. The van der Waals surface area contributed by atoms with Gasteiger partial charge in [-0.2, -0.15) is 5.10 Å². The number of aromatic nitrogens is 2. The normalized spacial score (nSPS) is 10.4. The van der Waals surface area contributed by atoms with Crippen LogP contribution >= 0.6 is 0 Å². The molecule has 4 rings (SSSR count). The Morgan fingerprint density at radius 2 is 1.47 bits per heavy atom. The zero-order valence-corrected chi connectivity index (χ0v) is 19.6. The molecule has 0 aliphatic heterocycles. The van der Waals surface area contributed by atoms with Gasteiger partial charge in [-0.1, -0.05) is 60.7 Å². The first-order chi connectivity index (χ1) is 17.6. The summed E-state index contributed by atoms with van der Waals surface area (Å²) in [7, 11) is 0. The van der Waals surface area contributed by atoms with Gasteiger partial charge in [0.25, 0.3) is 17.7 Å². The highest BCUT2D eigenvalue weighted by Gasteiger charge is 2.19. The van der Waals surface area contributed by atoms with Gasteiger partial charge in [0.05, 0.1) is 30.0 Å². The average molecular weight is 484 g/mol. The predicted octanol–water partition coefficient (Wildman–Crippen LogP) is 3.13. The van der Waals surface area contributed by atoms with Crippen molar-refractivity contribution in [1.29, 1.82) is 0 Å². The molecule has 0 spiro atoms. The molecule has 1 heterocycles. The van der Waals surface area contributed by atoms with Gasteiger partial charge in [-0.3, -0.25) is 25.2 Å². The minimum Gasteiger partial charge on any atom is -0.493 e. The van der Waals surface area contributed by atoms with Crippen LogP contribution in [0.25, 0.3) is 16.9 Å². The van der Waals surface area contributed by atoms with Crippen LogP contribution in [0.4, 0.5) is 0 Å². The molecule has 0 unspecified atom stereocenters. The number of nitrogens with one attached hydrogen (secondary N) is 3. The van der Waals surface area contributed by atoms with Crippen molar-refractivity contribution in [3.05, 3.63) is 102 Å². The van der Waals surface area contributed by atoms with Crippen LogP contribution < -0.4 is 20.9 Å². The van der Waals surface area contributed by atoms with Gasteiger partial charge in [-0.25, -0.2) is 4.68 Å². The first-order valence-corrected chi connectivity index (χ1v) is 11.4. The van der Waals surface area contributed by atoms with Crippen molar-refractivity contribution in [2.45, 2.75) is 6.92 Å². The monoisotopic (exact) mass is 483 g/mol. The van der Waals surface area contributed by atoms with Crippen molar-refractivity contribution in [3.63, 3.8) is 0 Å². The van der Waals surface area contributed by atoms with Gasteiger partial charge in [0.2, 0.25) is 0 Å². The van der Waals surface area contributed by atoms with E-state index in [2.05, 4.69) is 21.3 Å². The van der Waals surface area contributed by atoms with E-state index in [-0.39, 0.29) is 12.1 Å². The van der Waals surface area contributed by atoms with Gasteiger partial charge in [-0.05, 0) is 31.2 Å². The third-order valence-corrected chi connectivity index (χ3v) is 5.18. The molecular formula is C27H25N5O4. The zero-order valence-electron chi connectivity index (χ0n) is 19.6. The summed E-state index contributed by atoms with van der Waals surface area (Å²) in [6.07, 6.45) is 1.60. The van der Waals surface area contributed by atoms with Gasteiger partial charge >= 0.3 is 0 Å². The minimum absolute atomic E-state index is 0.278. The molecule has 182 valence electrons. The molecule has 0 saturated heterocycles. The standard InChI is InChI=1S/C27H25N5O4/c1-2-36-23-16-10-9-15-21(23)26(34)28-17-24(33)29-30-27(35)22-18-32(20-13-7-4-8-14-20)31-25(22)19-11-5-3-6-12-19/h3-16,18H,2,17H2,1H3,(H,28,34)(H,29,33)(H,30,35). The number of nitrogens with zero attached hydrogens (tertiary/aromatic N) is 2. The summed E-state index contributed by atoms with van der Waals surface area (Å²) in [5, 5.41) is 7.11. The maximum absolute atomic E-state index is 13.0. The number of carbonyl (C=O) groups excluding carboxylic acids is 3. The Morgan fingerprint density at radius 1 is 0.806 bits per heavy atom. The molecule has 9 nitrogen and oxygen atoms in total. The first kappa shape index (κ1) is 24.2. The number of ether oxygens (including phenoxy) is 1. The molecule has 36 heavy (non-hydrogen) atoms. The first-order valence-electron chi connectivity index (χ1n) is 11.4. The molecule has 4 aromatic rings. The summed E-state index contributed by atoms with van der Waals surface area (Å²) in [5.74, 6) is -1.18. The van der Waals surface area contributed by atoms with Crippen molar-refractivity contribution < 1.29 is 19.1 Å². The number of amides is 3. The van der Waals surface area contributed by atoms with Crippen molar-refractivity contribution in [2.75, 3.05) is 13.2 Å². The van der Waals surface area contributed by atoms with E-state index in [1.165, 1.54) is 0 Å². The fourth-order valence-corrected chi connectivity index (χ4v) is 3.49. The van der Waals surface area contributed by atoms with E-state index in [1.54, 1.807) is 35.1 Å². The van der Waals surface area contributed by atoms with Crippen LogP contribution in [-0.2, 0) is 4.79 Å². The van der Waals surface area contributed by atoms with Crippen LogP contribution in [0.5, 0.6) is 5.75 Å². The predicted molar refractivity (Wildman–Crippen MR) is 135 cm³/mol. The lowest BCUT2D eigenvalue weighted by Crippen LogP contribution is -2.46. The summed E-state index contributed by atoms with van der Waals surface area (Å²) in [6, 6.07) is 25.4. The molecule has 0 saturated carbocycles. The van der Waals surface area contributed by atoms with Gasteiger partial charge in [0, 0.05) is 11.8 Å². The molecule has 3 aromatic carbocycles. The Labute approximate surface area is 208 Å². The number of carbonyl (C=O) groups is 3. The molecule has 3 amide bonds. The average Bonchev–Trinajstić information content (AvgIpc) is 3.38. The third-order valence-electron chi connectivity index (χ3n) is 5.18. The fraction of sp³-hybridized carbons (Fsp3) is 0.111. The largest absolute Gasteiger partial charge is 0.493 e. The van der Waals surface area contributed by atoms with Crippen LogP contribution in [0.1, 0.15) is 27.6 Å². The molecule has 0 aliphatic rings. The highest BCUT2D eigenvalue weighted by atomic mass is 16.5. The number of hydrogen-bond donors (Lipinski definition) is 3. The van der Waals surface area contributed by atoms with Crippen LogP contribution in [0.15, 0.2) is 91.1 Å². The van der Waals surface area contributed by atoms with Gasteiger partial charge in [-0.15, -0.1) is 0 Å². The van der Waals surface area contributed by atoms with Crippen molar-refractivity contribution in [3.8, 4) is 22.7 Å². The summed E-state index contributed by atoms with van der Waals surface area (Å²) >= 11 is 0. The lowest BCUT2D eigenvalue weighted by molar-refractivity contribution is -0.120. The summed E-state index contributed by atoms with van der Waals surface area (Å²) in [5.41, 5.74) is 7.33. The van der Waals surface area contributed by atoms with E-state index in [0.29, 0.717) is 23.6 Å². The molecule has 0 atom stereocenters. The second-order valence-corrected chi connectivity index (χ2v) is 7.65. The Bertz CT molecular complexity index is 1350. The minimum atomic E-state index is -0.595. The molecule has 3 N–H and O–H groups in total. The van der Waals surface area contributed by atoms with Crippen LogP contribution in [0, 0.1) is 0 Å².